The maximum Gasteiger partial charge on any atom is 1.00 e. The maximum atomic E-state index is 11.3. The summed E-state index contributed by atoms with van der Waals surface area (Å²) in [4.78, 5) is 10.2. The van der Waals surface area contributed by atoms with Crippen LogP contribution in [0.25, 0.3) is 0 Å². The summed E-state index contributed by atoms with van der Waals surface area (Å²) in [6, 6.07) is 0. The fourth-order valence-corrected chi connectivity index (χ4v) is 1.29. The number of rotatable bonds is 11. The first-order valence-electron chi connectivity index (χ1n) is 6.18. The van der Waals surface area contributed by atoms with Gasteiger partial charge in [0.2, 0.25) is 0 Å². The van der Waals surface area contributed by atoms with Crippen molar-refractivity contribution in [3.63, 3.8) is 0 Å². The Kier molecular flexibility index (Phi) is 16.6. The summed E-state index contributed by atoms with van der Waals surface area (Å²) in [6.45, 7) is 3.86. The van der Waals surface area contributed by atoms with Gasteiger partial charge in [-0.2, -0.15) is 0 Å². The second kappa shape index (κ2) is 14.8. The molecule has 0 saturated heterocycles. The van der Waals surface area contributed by atoms with E-state index in [0.29, 0.717) is 26.1 Å². The first-order valence-corrected chi connectivity index (χ1v) is 6.18. The molecule has 0 atom stereocenters. The first kappa shape index (κ1) is 20.1. The Bertz CT molecular complexity index is 235. The quantitative estimate of drug-likeness (QED) is 0.217. The van der Waals surface area contributed by atoms with Gasteiger partial charge in [-0.05, 0) is 12.6 Å². The molecule has 0 rings (SSSR count). The molecule has 3 N–H and O–H groups in total. The Morgan fingerprint density at radius 1 is 1.22 bits per heavy atom. The van der Waals surface area contributed by atoms with E-state index < -0.39 is 5.97 Å². The topological polar surface area (TPSA) is 84.4 Å². The minimum atomic E-state index is -0.803. The van der Waals surface area contributed by atoms with Crippen molar-refractivity contribution in [3.8, 4) is 0 Å². The van der Waals surface area contributed by atoms with Gasteiger partial charge in [0.1, 0.15) is 0 Å². The Labute approximate surface area is 131 Å². The molecule has 0 aliphatic heterocycles. The van der Waals surface area contributed by atoms with Gasteiger partial charge in [-0.1, -0.05) is 26.2 Å². The van der Waals surface area contributed by atoms with Crippen LogP contribution in [0.1, 0.15) is 39.0 Å². The Morgan fingerprint density at radius 2 is 1.94 bits per heavy atom. The standard InChI is InChI=1S/C12H24N2O3.Na/c1-2-3-4-5-11(15)10-14-9-8-13-7-6-12(16)17;/h10,13-15H,2-9H2,1H3,(H,16,17);/q;+1/p-1/b11-10-;. The third-order valence-electron chi connectivity index (χ3n) is 2.25. The van der Waals surface area contributed by atoms with Crippen molar-refractivity contribution >= 4 is 5.97 Å². The van der Waals surface area contributed by atoms with Crippen molar-refractivity contribution in [2.24, 2.45) is 0 Å². The first-order chi connectivity index (χ1) is 8.16. The average molecular weight is 266 g/mol. The van der Waals surface area contributed by atoms with Gasteiger partial charge in [-0.3, -0.25) is 4.79 Å². The third-order valence-corrected chi connectivity index (χ3v) is 2.25. The van der Waals surface area contributed by atoms with Crippen LogP contribution in [0.4, 0.5) is 0 Å². The smallest absolute Gasteiger partial charge is 0.874 e. The Morgan fingerprint density at radius 3 is 2.56 bits per heavy atom. The summed E-state index contributed by atoms with van der Waals surface area (Å²) in [6.07, 6.45) is 5.40. The average Bonchev–Trinajstić information content (AvgIpc) is 2.28. The van der Waals surface area contributed by atoms with Crippen molar-refractivity contribution in [2.75, 3.05) is 19.6 Å². The molecule has 5 nitrogen and oxygen atoms in total. The molecule has 0 aromatic heterocycles. The largest absolute Gasteiger partial charge is 1.00 e. The van der Waals surface area contributed by atoms with Gasteiger partial charge >= 0.3 is 35.5 Å². The van der Waals surface area contributed by atoms with Crippen LogP contribution in [0.3, 0.4) is 0 Å². The summed E-state index contributed by atoms with van der Waals surface area (Å²) in [5.41, 5.74) is 0. The van der Waals surface area contributed by atoms with E-state index in [-0.39, 0.29) is 41.7 Å². The third kappa shape index (κ3) is 15.8. The number of nitrogens with one attached hydrogen (secondary N) is 2. The molecular formula is C12H23N2NaO3. The SMILES string of the molecule is CCCCC/C([O-])=C/NCCNCCC(=O)O.[Na+]. The van der Waals surface area contributed by atoms with E-state index in [1.165, 1.54) is 6.20 Å². The molecule has 6 heteroatoms. The molecule has 0 spiro atoms. The molecule has 18 heavy (non-hydrogen) atoms. The maximum absolute atomic E-state index is 11.3. The summed E-state index contributed by atoms with van der Waals surface area (Å²) in [5.74, 6) is -0.674. The molecule has 0 aliphatic carbocycles. The molecule has 0 fully saturated rings. The molecule has 0 unspecified atom stereocenters. The number of unbranched alkanes of at least 4 members (excludes halogenated alkanes) is 2. The second-order valence-corrected chi connectivity index (χ2v) is 3.92. The fourth-order valence-electron chi connectivity index (χ4n) is 1.29. The van der Waals surface area contributed by atoms with Gasteiger partial charge in [0.15, 0.2) is 0 Å². The van der Waals surface area contributed by atoms with Crippen LogP contribution < -0.4 is 45.3 Å². The molecule has 0 radical (unpaired) electrons. The van der Waals surface area contributed by atoms with Crippen molar-refractivity contribution in [2.45, 2.75) is 39.0 Å². The number of carboxylic acid groups (broad SMARTS) is 1. The van der Waals surface area contributed by atoms with Gasteiger partial charge in [0.05, 0.1) is 6.42 Å². The Balaban J connectivity index is 0. The van der Waals surface area contributed by atoms with Crippen LogP contribution in [0.2, 0.25) is 0 Å². The molecule has 0 aromatic carbocycles. The van der Waals surface area contributed by atoms with E-state index in [4.69, 9.17) is 5.11 Å². The van der Waals surface area contributed by atoms with Crippen molar-refractivity contribution < 1.29 is 44.6 Å². The summed E-state index contributed by atoms with van der Waals surface area (Å²) >= 11 is 0. The van der Waals surface area contributed by atoms with E-state index in [0.717, 1.165) is 19.3 Å². The van der Waals surface area contributed by atoms with E-state index in [1.807, 2.05) is 0 Å². The van der Waals surface area contributed by atoms with E-state index in [1.54, 1.807) is 0 Å². The zero-order chi connectivity index (χ0) is 12.9. The predicted octanol–water partition coefficient (Wildman–Crippen LogP) is -2.57. The van der Waals surface area contributed by atoms with Gasteiger partial charge in [0.25, 0.3) is 0 Å². The molecule has 0 aliphatic rings. The summed E-state index contributed by atoms with van der Waals surface area (Å²) < 4.78 is 0. The normalized spacial score (nSPS) is 10.8. The molecule has 0 heterocycles. The van der Waals surface area contributed by atoms with Crippen molar-refractivity contribution in [1.82, 2.24) is 10.6 Å². The monoisotopic (exact) mass is 266 g/mol. The zero-order valence-electron chi connectivity index (χ0n) is 11.5. The van der Waals surface area contributed by atoms with Gasteiger partial charge in [0, 0.05) is 19.6 Å². The molecule has 0 bridgehead atoms. The number of hydrogen-bond donors (Lipinski definition) is 3. The minimum absolute atomic E-state index is 0. The fraction of sp³-hybridized carbons (Fsp3) is 0.750. The van der Waals surface area contributed by atoms with Gasteiger partial charge in [-0.15, -0.1) is 5.76 Å². The minimum Gasteiger partial charge on any atom is -0.874 e. The van der Waals surface area contributed by atoms with Gasteiger partial charge < -0.3 is 20.8 Å². The summed E-state index contributed by atoms with van der Waals surface area (Å²) in [7, 11) is 0. The second-order valence-electron chi connectivity index (χ2n) is 3.92. The molecule has 0 aromatic rings. The summed E-state index contributed by atoms with van der Waals surface area (Å²) in [5, 5.41) is 25.5. The molecular weight excluding hydrogens is 243 g/mol. The zero-order valence-corrected chi connectivity index (χ0v) is 13.5. The van der Waals surface area contributed by atoms with Crippen LogP contribution in [-0.4, -0.2) is 30.7 Å². The van der Waals surface area contributed by atoms with Crippen LogP contribution >= 0.6 is 0 Å². The van der Waals surface area contributed by atoms with E-state index in [2.05, 4.69) is 17.6 Å². The Hall–Kier alpha value is -0.230. The van der Waals surface area contributed by atoms with E-state index >= 15 is 0 Å². The van der Waals surface area contributed by atoms with Crippen molar-refractivity contribution in [1.29, 1.82) is 0 Å². The van der Waals surface area contributed by atoms with Crippen molar-refractivity contribution in [3.05, 3.63) is 12.0 Å². The number of carbonyl (C=O) groups is 1. The van der Waals surface area contributed by atoms with Crippen LogP contribution in [0.15, 0.2) is 12.0 Å². The van der Waals surface area contributed by atoms with E-state index in [9.17, 15) is 9.90 Å². The van der Waals surface area contributed by atoms with Gasteiger partial charge in [-0.25, -0.2) is 0 Å². The number of hydrogen-bond acceptors (Lipinski definition) is 4. The van der Waals surface area contributed by atoms with Crippen LogP contribution in [-0.2, 0) is 4.79 Å². The number of aliphatic carboxylic acids is 1. The predicted molar refractivity (Wildman–Crippen MR) is 65.4 cm³/mol. The number of carboxylic acids is 1. The van der Waals surface area contributed by atoms with Crippen LogP contribution in [0, 0.1) is 0 Å². The molecule has 0 amide bonds. The molecule has 0 saturated carbocycles. The van der Waals surface area contributed by atoms with Crippen LogP contribution in [0.5, 0.6) is 0 Å². The molecule has 100 valence electrons. The number of allylic oxidation sites excluding steroid dienone is 1.